The monoisotopic (exact) mass is 295 g/mol. The number of rotatable bonds is 5. The lowest BCUT2D eigenvalue weighted by molar-refractivity contribution is -0.117. The second kappa shape index (κ2) is 6.40. The number of halogens is 2. The maximum absolute atomic E-state index is 13.5. The number of hydrogen-bond donors (Lipinski definition) is 2. The van der Waals surface area contributed by atoms with Crippen LogP contribution in [0.2, 0.25) is 0 Å². The van der Waals surface area contributed by atoms with E-state index < -0.39 is 17.7 Å². The van der Waals surface area contributed by atoms with Crippen molar-refractivity contribution in [3.05, 3.63) is 41.6 Å². The molecule has 0 aliphatic heterocycles. The number of benzene rings is 1. The van der Waals surface area contributed by atoms with Crippen molar-refractivity contribution in [3.63, 3.8) is 0 Å². The Morgan fingerprint density at radius 2 is 2.10 bits per heavy atom. The number of aromatic nitrogens is 3. The predicted molar refractivity (Wildman–Crippen MR) is 72.4 cm³/mol. The van der Waals surface area contributed by atoms with Crippen molar-refractivity contribution in [1.82, 2.24) is 15.0 Å². The third-order valence-corrected chi connectivity index (χ3v) is 2.95. The first kappa shape index (κ1) is 15.0. The van der Waals surface area contributed by atoms with Crippen LogP contribution in [0.25, 0.3) is 0 Å². The molecule has 6 nitrogen and oxygen atoms in total. The Labute approximate surface area is 119 Å². The van der Waals surface area contributed by atoms with Gasteiger partial charge in [0.25, 0.3) is 0 Å². The summed E-state index contributed by atoms with van der Waals surface area (Å²) in [6.07, 6.45) is 1.87. The van der Waals surface area contributed by atoms with E-state index in [1.807, 2.05) is 0 Å². The highest BCUT2D eigenvalue weighted by atomic mass is 19.1. The van der Waals surface area contributed by atoms with Gasteiger partial charge in [-0.1, -0.05) is 18.2 Å². The zero-order valence-corrected chi connectivity index (χ0v) is 11.4. The number of hydrogen-bond acceptors (Lipinski definition) is 4. The number of amides is 1. The molecule has 3 N–H and O–H groups in total. The van der Waals surface area contributed by atoms with Gasteiger partial charge in [0.15, 0.2) is 5.82 Å². The number of carbonyl (C=O) groups excluding carboxylic acids is 1. The van der Waals surface area contributed by atoms with Crippen LogP contribution >= 0.6 is 0 Å². The predicted octanol–water partition coefficient (Wildman–Crippen LogP) is 1.28. The van der Waals surface area contributed by atoms with Crippen molar-refractivity contribution in [3.8, 4) is 0 Å². The highest BCUT2D eigenvalue weighted by molar-refractivity contribution is 5.93. The molecule has 0 radical (unpaired) electrons. The molecule has 1 amide bonds. The van der Waals surface area contributed by atoms with E-state index in [-0.39, 0.29) is 23.8 Å². The molecule has 0 fully saturated rings. The van der Waals surface area contributed by atoms with Crippen LogP contribution in [0, 0.1) is 11.6 Å². The highest BCUT2D eigenvalue weighted by Gasteiger charge is 2.14. The molecular weight excluding hydrogens is 280 g/mol. The van der Waals surface area contributed by atoms with Gasteiger partial charge in [-0.15, -0.1) is 5.10 Å². The Balaban J connectivity index is 2.09. The number of anilines is 1. The smallest absolute Gasteiger partial charge is 0.242 e. The number of nitrogens with two attached hydrogens (primary N) is 1. The fourth-order valence-electron chi connectivity index (χ4n) is 1.68. The first-order chi connectivity index (χ1) is 10.0. The molecule has 1 heterocycles. The molecule has 0 spiro atoms. The fraction of sp³-hybridized carbons (Fsp3) is 0.308. The molecule has 1 aromatic carbocycles. The van der Waals surface area contributed by atoms with Crippen LogP contribution in [0.1, 0.15) is 18.9 Å². The number of nitrogens with zero attached hydrogens (tertiary/aromatic N) is 3. The summed E-state index contributed by atoms with van der Waals surface area (Å²) in [5.74, 6) is -1.53. The van der Waals surface area contributed by atoms with E-state index in [0.717, 1.165) is 12.1 Å². The Morgan fingerprint density at radius 3 is 2.71 bits per heavy atom. The van der Waals surface area contributed by atoms with Gasteiger partial charge >= 0.3 is 0 Å². The van der Waals surface area contributed by atoms with Gasteiger partial charge in [0.2, 0.25) is 5.91 Å². The van der Waals surface area contributed by atoms with Crippen molar-refractivity contribution >= 4 is 11.7 Å². The molecule has 0 bridgehead atoms. The molecule has 21 heavy (non-hydrogen) atoms. The van der Waals surface area contributed by atoms with Gasteiger partial charge in [-0.2, -0.15) is 0 Å². The van der Waals surface area contributed by atoms with Crippen molar-refractivity contribution in [1.29, 1.82) is 0 Å². The molecular formula is C13H15F2N5O. The van der Waals surface area contributed by atoms with Crippen LogP contribution in [0.3, 0.4) is 0 Å². The molecule has 0 unspecified atom stereocenters. The summed E-state index contributed by atoms with van der Waals surface area (Å²) in [6.45, 7) is 1.66. The van der Waals surface area contributed by atoms with Gasteiger partial charge in [0.1, 0.15) is 11.6 Å². The first-order valence-corrected chi connectivity index (χ1v) is 6.40. The Bertz CT molecular complexity index is 623. The van der Waals surface area contributed by atoms with Crippen LogP contribution in [0.5, 0.6) is 0 Å². The Hall–Kier alpha value is -2.35. The maximum Gasteiger partial charge on any atom is 0.242 e. The van der Waals surface area contributed by atoms with E-state index in [9.17, 15) is 13.6 Å². The van der Waals surface area contributed by atoms with E-state index in [0.29, 0.717) is 6.42 Å². The minimum atomic E-state index is -0.663. The van der Waals surface area contributed by atoms with Crippen LogP contribution in [0.15, 0.2) is 24.4 Å². The zero-order valence-electron chi connectivity index (χ0n) is 11.4. The molecule has 0 aliphatic rings. The minimum Gasteiger partial charge on any atom is -0.320 e. The van der Waals surface area contributed by atoms with Gasteiger partial charge < -0.3 is 11.1 Å². The summed E-state index contributed by atoms with van der Waals surface area (Å²) in [7, 11) is 0. The van der Waals surface area contributed by atoms with Gasteiger partial charge in [-0.25, -0.2) is 13.5 Å². The third-order valence-electron chi connectivity index (χ3n) is 2.95. The van der Waals surface area contributed by atoms with Gasteiger partial charge in [0.05, 0.1) is 18.8 Å². The van der Waals surface area contributed by atoms with Gasteiger partial charge in [-0.05, 0) is 18.6 Å². The summed E-state index contributed by atoms with van der Waals surface area (Å²) >= 11 is 0. The second-order valence-electron chi connectivity index (χ2n) is 4.51. The third kappa shape index (κ3) is 3.60. The largest absolute Gasteiger partial charge is 0.320 e. The van der Waals surface area contributed by atoms with Crippen molar-refractivity contribution in [2.24, 2.45) is 5.73 Å². The zero-order chi connectivity index (χ0) is 15.4. The van der Waals surface area contributed by atoms with E-state index in [1.165, 1.54) is 16.9 Å². The lowest BCUT2D eigenvalue weighted by Crippen LogP contribution is -2.34. The average molecular weight is 295 g/mol. The number of nitrogens with one attached hydrogen (secondary N) is 1. The quantitative estimate of drug-likeness (QED) is 0.870. The van der Waals surface area contributed by atoms with Crippen LogP contribution in [0.4, 0.5) is 14.6 Å². The minimum absolute atomic E-state index is 0.120. The molecule has 0 saturated carbocycles. The van der Waals surface area contributed by atoms with Crippen LogP contribution in [-0.2, 0) is 11.3 Å². The van der Waals surface area contributed by atoms with Crippen LogP contribution < -0.4 is 11.1 Å². The first-order valence-electron chi connectivity index (χ1n) is 6.40. The van der Waals surface area contributed by atoms with Crippen molar-refractivity contribution < 1.29 is 13.6 Å². The summed E-state index contributed by atoms with van der Waals surface area (Å²) < 4.78 is 28.3. The highest BCUT2D eigenvalue weighted by Crippen LogP contribution is 2.14. The molecule has 1 aromatic heterocycles. The van der Waals surface area contributed by atoms with Gasteiger partial charge in [0, 0.05) is 5.56 Å². The normalized spacial score (nSPS) is 12.2. The molecule has 2 aromatic rings. The number of carbonyl (C=O) groups is 1. The Morgan fingerprint density at radius 1 is 1.43 bits per heavy atom. The average Bonchev–Trinajstić information content (AvgIpc) is 2.89. The molecule has 1 atom stereocenters. The summed E-state index contributed by atoms with van der Waals surface area (Å²) in [6, 6.07) is 2.98. The molecule has 0 saturated heterocycles. The van der Waals surface area contributed by atoms with Crippen molar-refractivity contribution in [2.45, 2.75) is 25.9 Å². The lowest BCUT2D eigenvalue weighted by atomic mass is 10.2. The SMILES string of the molecule is CC[C@@H](N)C(=O)Nc1cn(Cc2c(F)cccc2F)nn1. The summed E-state index contributed by atoms with van der Waals surface area (Å²) in [5, 5.41) is 9.90. The van der Waals surface area contributed by atoms with Gasteiger partial charge in [-0.3, -0.25) is 4.79 Å². The summed E-state index contributed by atoms with van der Waals surface area (Å²) in [5.41, 5.74) is 5.45. The molecule has 112 valence electrons. The lowest BCUT2D eigenvalue weighted by Gasteiger charge is -2.06. The fourth-order valence-corrected chi connectivity index (χ4v) is 1.68. The standard InChI is InChI=1S/C13H15F2N5O/c1-2-11(16)13(21)17-12-7-20(19-18-12)6-8-9(14)4-3-5-10(8)15/h3-5,7,11H,2,6,16H2,1H3,(H,17,21)/t11-/m1/s1. The second-order valence-corrected chi connectivity index (χ2v) is 4.51. The Kier molecular flexibility index (Phi) is 4.59. The summed E-state index contributed by atoms with van der Waals surface area (Å²) in [4.78, 5) is 11.6. The van der Waals surface area contributed by atoms with E-state index in [1.54, 1.807) is 6.92 Å². The van der Waals surface area contributed by atoms with Crippen LogP contribution in [-0.4, -0.2) is 26.9 Å². The maximum atomic E-state index is 13.5. The van der Waals surface area contributed by atoms with E-state index in [2.05, 4.69) is 15.6 Å². The van der Waals surface area contributed by atoms with Crippen molar-refractivity contribution in [2.75, 3.05) is 5.32 Å². The molecule has 8 heteroatoms. The molecule has 0 aliphatic carbocycles. The topological polar surface area (TPSA) is 85.8 Å². The molecule has 2 rings (SSSR count). The van der Waals surface area contributed by atoms with E-state index >= 15 is 0 Å². The van der Waals surface area contributed by atoms with E-state index in [4.69, 9.17) is 5.73 Å².